The predicted octanol–water partition coefficient (Wildman–Crippen LogP) is -1.87. The van der Waals surface area contributed by atoms with Crippen LogP contribution < -0.4 is 11.4 Å². The van der Waals surface area contributed by atoms with E-state index >= 15 is 0 Å². The molecule has 111 valence electrons. The van der Waals surface area contributed by atoms with Gasteiger partial charge in [0.25, 0.3) is 5.09 Å². The minimum absolute atomic E-state index is 0. The van der Waals surface area contributed by atoms with Gasteiger partial charge in [0.05, 0.1) is 15.3 Å². The largest absolute Gasteiger partial charge is 3.00 e. The van der Waals surface area contributed by atoms with Crippen molar-refractivity contribution in [2.45, 2.75) is 0 Å². The van der Waals surface area contributed by atoms with E-state index in [0.717, 1.165) is 0 Å². The Morgan fingerprint density at radius 3 is 0.684 bits per heavy atom. The average Bonchev–Trinajstić information content (AvgIpc) is 2.00. The molecule has 0 saturated carbocycles. The summed E-state index contributed by atoms with van der Waals surface area (Å²) in [7, 11) is 0. The Balaban J connectivity index is -0.0000000288. The van der Waals surface area contributed by atoms with E-state index in [-0.39, 0.29) is 47.0 Å². The van der Waals surface area contributed by atoms with Gasteiger partial charge in [0, 0.05) is 0 Å². The Morgan fingerprint density at radius 2 is 0.684 bits per heavy atom. The van der Waals surface area contributed by atoms with Crippen molar-refractivity contribution in [2.24, 2.45) is 0 Å². The van der Waals surface area contributed by atoms with Crippen LogP contribution in [-0.2, 0) is 4.99 Å². The quantitative estimate of drug-likeness (QED) is 0.273. The molecule has 0 aliphatic carbocycles. The molecule has 0 aliphatic heterocycles. The van der Waals surface area contributed by atoms with Crippen LogP contribution in [0.25, 0.3) is 0 Å². The van der Waals surface area contributed by atoms with Crippen molar-refractivity contribution < 1.29 is 71.4 Å². The first kappa shape index (κ1) is 36.0. The summed E-state index contributed by atoms with van der Waals surface area (Å²) in [5.74, 6) is 0. The van der Waals surface area contributed by atoms with Crippen molar-refractivity contribution in [3.63, 3.8) is 0 Å². The monoisotopic (exact) mass is 424 g/mol. The molecule has 0 heterocycles. The molecule has 0 aromatic heterocycles. The fourth-order valence-corrected chi connectivity index (χ4v) is 0. The smallest absolute Gasteiger partial charge is 0.694 e. The van der Waals surface area contributed by atoms with Crippen LogP contribution in [0, 0.1) is 96.9 Å². The molecule has 0 bridgehead atoms. The van der Waals surface area contributed by atoms with Crippen molar-refractivity contribution in [1.82, 2.24) is 6.15 Å². The van der Waals surface area contributed by atoms with Crippen molar-refractivity contribution in [3.8, 4) is 0 Å². The number of nitrogens with zero attached hydrogens (tertiary/aromatic N) is 4. The Bertz CT molecular complexity index is 197. The van der Waals surface area contributed by atoms with E-state index in [1.165, 1.54) is 0 Å². The zero-order chi connectivity index (χ0) is 15.0. The number of rotatable bonds is 1. The second-order valence-electron chi connectivity index (χ2n) is 0.969. The third-order valence-corrected chi connectivity index (χ3v) is 0.0609. The van der Waals surface area contributed by atoms with Gasteiger partial charge in [-0.3, -0.25) is 0 Å². The first-order valence-electron chi connectivity index (χ1n) is 2.36. The normalized spacial score (nSPS) is 5.53. The molecule has 0 spiro atoms. The summed E-state index contributed by atoms with van der Waals surface area (Å²) in [4.78, 5) is 35.6. The predicted molar refractivity (Wildman–Crippen MR) is 45.1 cm³/mol. The first-order chi connectivity index (χ1) is 7.47. The molecular formula is H4N5NdO13. The molecule has 0 fully saturated rings. The molecule has 0 aliphatic rings. The number of quaternary nitrogens is 1. The Kier molecular flexibility index (Phi) is 56.4. The number of hydrogen-bond acceptors (Lipinski definition) is 13. The first-order valence-corrected chi connectivity index (χ1v) is 2.36. The molecule has 19 heavy (non-hydrogen) atoms. The van der Waals surface area contributed by atoms with E-state index in [1.807, 2.05) is 0 Å². The van der Waals surface area contributed by atoms with Crippen molar-refractivity contribution in [3.05, 3.63) is 56.1 Å². The summed E-state index contributed by atoms with van der Waals surface area (Å²) < 4.78 is 0. The van der Waals surface area contributed by atoms with Crippen LogP contribution in [0.2, 0.25) is 0 Å². The van der Waals surface area contributed by atoms with Gasteiger partial charge in [-0.15, -0.1) is 10.1 Å². The van der Waals surface area contributed by atoms with E-state index in [9.17, 15) is 0 Å². The maximum Gasteiger partial charge on any atom is 3.00 e. The Hall–Kier alpha value is -1.93. The molecule has 0 atom stereocenters. The zero-order valence-electron chi connectivity index (χ0n) is 8.60. The molecule has 0 aromatic carbocycles. The van der Waals surface area contributed by atoms with Crippen molar-refractivity contribution in [1.29, 1.82) is 0 Å². The molecule has 0 unspecified atom stereocenters. The van der Waals surface area contributed by atoms with E-state index in [2.05, 4.69) is 4.99 Å². The summed E-state index contributed by atoms with van der Waals surface area (Å²) in [6.07, 6.45) is 0. The third kappa shape index (κ3) is 637000. The van der Waals surface area contributed by atoms with Gasteiger partial charge in [-0.05, 0) is 0 Å². The van der Waals surface area contributed by atoms with Gasteiger partial charge in [0.15, 0.2) is 0 Å². The second-order valence-corrected chi connectivity index (χ2v) is 0.969. The summed E-state index contributed by atoms with van der Waals surface area (Å²) in [6, 6.07) is 0. The Labute approximate surface area is 133 Å². The fraction of sp³-hybridized carbons (Fsp3) is 0. The molecule has 1 radical (unpaired) electrons. The SMILES string of the molecule is O=[N+]([O-])O[O-].O=[N+]([O-])[O-].O=[N+]([O-])[O-].O=[N+]([O-])[O-].[NH4+].[Nd+3]. The van der Waals surface area contributed by atoms with Crippen LogP contribution in [0.1, 0.15) is 0 Å². The third-order valence-electron chi connectivity index (χ3n) is 0.0609. The zero-order valence-corrected chi connectivity index (χ0v) is 11.8. The van der Waals surface area contributed by atoms with E-state index in [4.69, 9.17) is 61.3 Å². The molecular weight excluding hydrogens is 422 g/mol. The minimum atomic E-state index is -1.75. The molecule has 0 aromatic rings. The molecule has 4 N–H and O–H groups in total. The van der Waals surface area contributed by atoms with Crippen molar-refractivity contribution >= 4 is 0 Å². The maximum atomic E-state index is 8.64. The maximum absolute atomic E-state index is 8.64. The second kappa shape index (κ2) is 29.8. The summed E-state index contributed by atoms with van der Waals surface area (Å²) in [6.45, 7) is 0. The van der Waals surface area contributed by atoms with Gasteiger partial charge in [0.1, 0.15) is 0 Å². The molecule has 0 rings (SSSR count). The van der Waals surface area contributed by atoms with Crippen LogP contribution in [0.15, 0.2) is 0 Å². The Morgan fingerprint density at radius 1 is 0.632 bits per heavy atom. The standard InChI is InChI=1S/HNO4.3NO3.H3N.Nd/c2-1(3)5-4;3*2-1(3)4;;/h4H;;;;1H3;/q;3*-1;;+3. The van der Waals surface area contributed by atoms with Gasteiger partial charge >= 0.3 is 40.8 Å². The van der Waals surface area contributed by atoms with Crippen LogP contribution in [-0.4, -0.2) is 20.3 Å². The molecule has 18 nitrogen and oxygen atoms in total. The van der Waals surface area contributed by atoms with Crippen LogP contribution in [0.3, 0.4) is 0 Å². The fourth-order valence-electron chi connectivity index (χ4n) is 0. The van der Waals surface area contributed by atoms with Crippen LogP contribution in [0.5, 0.6) is 0 Å². The number of hydrogen-bond donors (Lipinski definition) is 1. The average molecular weight is 426 g/mol. The van der Waals surface area contributed by atoms with Gasteiger partial charge in [0.2, 0.25) is 0 Å². The van der Waals surface area contributed by atoms with E-state index in [1.54, 1.807) is 0 Å². The summed E-state index contributed by atoms with van der Waals surface area (Å²) >= 11 is 0. The molecule has 0 saturated heterocycles. The van der Waals surface area contributed by atoms with Crippen LogP contribution >= 0.6 is 0 Å². The topological polar surface area (TPSA) is 311 Å². The minimum Gasteiger partial charge on any atom is -0.694 e. The van der Waals surface area contributed by atoms with Gasteiger partial charge in [-0.1, -0.05) is 0 Å². The van der Waals surface area contributed by atoms with E-state index < -0.39 is 20.3 Å². The van der Waals surface area contributed by atoms with Gasteiger partial charge in [-0.2, -0.15) is 0 Å². The van der Waals surface area contributed by atoms with Gasteiger partial charge in [-0.25, -0.2) is 0 Å². The van der Waals surface area contributed by atoms with E-state index in [0.29, 0.717) is 0 Å². The van der Waals surface area contributed by atoms with Gasteiger partial charge < -0.3 is 62.4 Å². The van der Waals surface area contributed by atoms with Crippen molar-refractivity contribution in [2.75, 3.05) is 0 Å². The summed E-state index contributed by atoms with van der Waals surface area (Å²) in [5.41, 5.74) is 0. The molecule has 0 amide bonds. The summed E-state index contributed by atoms with van der Waals surface area (Å²) in [5, 5.41) is 59.9. The van der Waals surface area contributed by atoms with Crippen LogP contribution in [0.4, 0.5) is 0 Å². The molecule has 19 heteroatoms.